The van der Waals surface area contributed by atoms with Crippen molar-refractivity contribution in [3.8, 4) is 23.1 Å². The lowest BCUT2D eigenvalue weighted by molar-refractivity contribution is 0.0948. The molecule has 0 saturated heterocycles. The standard InChI is InChI=1S/C24H25N5O2/c1-15(17-11-12-17)29-23(26)20(13-25)22(28-29)18-9-7-16(8-10-18)14-27-24(30)19-5-3-4-6-21(19)31-2/h3-10,15,17H,11-12,14,26H2,1-2H3,(H,27,30). The maximum atomic E-state index is 12.5. The fourth-order valence-corrected chi connectivity index (χ4v) is 3.74. The number of anilines is 1. The molecule has 3 N–H and O–H groups in total. The van der Waals surface area contributed by atoms with Crippen LogP contribution in [0.25, 0.3) is 11.3 Å². The molecule has 1 heterocycles. The molecule has 1 aromatic heterocycles. The van der Waals surface area contributed by atoms with E-state index >= 15 is 0 Å². The summed E-state index contributed by atoms with van der Waals surface area (Å²) in [6.45, 7) is 2.47. The summed E-state index contributed by atoms with van der Waals surface area (Å²) in [5.74, 6) is 1.34. The third-order valence-electron chi connectivity index (χ3n) is 5.78. The van der Waals surface area contributed by atoms with Gasteiger partial charge in [-0.3, -0.25) is 4.79 Å². The molecule has 1 aliphatic carbocycles. The summed E-state index contributed by atoms with van der Waals surface area (Å²) < 4.78 is 7.03. The number of nitrogens with one attached hydrogen (secondary N) is 1. The summed E-state index contributed by atoms with van der Waals surface area (Å²) in [6, 6.07) is 17.1. The molecule has 1 aliphatic rings. The van der Waals surface area contributed by atoms with Crippen LogP contribution in [0.1, 0.15) is 47.3 Å². The number of ether oxygens (including phenoxy) is 1. The number of benzene rings is 2. The second kappa shape index (κ2) is 8.52. The number of carbonyl (C=O) groups excluding carboxylic acids is 1. The van der Waals surface area contributed by atoms with E-state index in [2.05, 4.69) is 23.4 Å². The van der Waals surface area contributed by atoms with E-state index in [1.165, 1.54) is 12.8 Å². The molecule has 7 heteroatoms. The van der Waals surface area contributed by atoms with Gasteiger partial charge in [0.05, 0.1) is 18.7 Å². The number of rotatable bonds is 7. The van der Waals surface area contributed by atoms with Crippen LogP contribution in [-0.2, 0) is 6.54 Å². The van der Waals surface area contributed by atoms with Gasteiger partial charge in [0.2, 0.25) is 0 Å². The molecule has 0 radical (unpaired) electrons. The van der Waals surface area contributed by atoms with Gasteiger partial charge in [-0.1, -0.05) is 36.4 Å². The summed E-state index contributed by atoms with van der Waals surface area (Å²) >= 11 is 0. The van der Waals surface area contributed by atoms with Gasteiger partial charge in [0.15, 0.2) is 0 Å². The van der Waals surface area contributed by atoms with Crippen LogP contribution in [0.5, 0.6) is 5.75 Å². The van der Waals surface area contributed by atoms with Gasteiger partial charge in [-0.25, -0.2) is 4.68 Å². The average molecular weight is 415 g/mol. The number of methoxy groups -OCH3 is 1. The van der Waals surface area contributed by atoms with Gasteiger partial charge >= 0.3 is 0 Å². The van der Waals surface area contributed by atoms with Crippen molar-refractivity contribution in [2.45, 2.75) is 32.4 Å². The smallest absolute Gasteiger partial charge is 0.255 e. The van der Waals surface area contributed by atoms with E-state index in [-0.39, 0.29) is 11.9 Å². The van der Waals surface area contributed by atoms with E-state index in [0.29, 0.717) is 40.9 Å². The number of hydrogen-bond acceptors (Lipinski definition) is 5. The Morgan fingerprint density at radius 1 is 1.29 bits per heavy atom. The van der Waals surface area contributed by atoms with Gasteiger partial charge in [-0.2, -0.15) is 10.4 Å². The summed E-state index contributed by atoms with van der Waals surface area (Å²) in [5.41, 5.74) is 9.48. The summed E-state index contributed by atoms with van der Waals surface area (Å²) in [5, 5.41) is 17.2. The normalized spacial score (nSPS) is 14.0. The van der Waals surface area contributed by atoms with E-state index in [1.54, 1.807) is 30.0 Å². The Bertz CT molecular complexity index is 1140. The Morgan fingerprint density at radius 2 is 2.00 bits per heavy atom. The maximum absolute atomic E-state index is 12.5. The van der Waals surface area contributed by atoms with E-state index in [1.807, 2.05) is 30.3 Å². The highest BCUT2D eigenvalue weighted by molar-refractivity contribution is 5.96. The third kappa shape index (κ3) is 4.10. The van der Waals surface area contributed by atoms with E-state index in [4.69, 9.17) is 10.5 Å². The molecule has 2 aromatic carbocycles. The molecule has 1 fully saturated rings. The van der Waals surface area contributed by atoms with Gasteiger partial charge in [0.1, 0.15) is 28.9 Å². The van der Waals surface area contributed by atoms with E-state index in [0.717, 1.165) is 11.1 Å². The molecule has 1 amide bonds. The molecule has 0 aliphatic heterocycles. The largest absolute Gasteiger partial charge is 0.496 e. The zero-order valence-electron chi connectivity index (χ0n) is 17.6. The minimum atomic E-state index is -0.200. The Morgan fingerprint density at radius 3 is 2.65 bits per heavy atom. The molecule has 7 nitrogen and oxygen atoms in total. The van der Waals surface area contributed by atoms with Crippen LogP contribution in [-0.4, -0.2) is 22.8 Å². The molecule has 1 unspecified atom stereocenters. The highest BCUT2D eigenvalue weighted by Gasteiger charge is 2.32. The van der Waals surface area contributed by atoms with Gasteiger partial charge in [-0.15, -0.1) is 0 Å². The Balaban J connectivity index is 1.49. The SMILES string of the molecule is COc1ccccc1C(=O)NCc1ccc(-c2nn(C(C)C3CC3)c(N)c2C#N)cc1. The highest BCUT2D eigenvalue weighted by atomic mass is 16.5. The number of nitrogens with two attached hydrogens (primary N) is 1. The zero-order chi connectivity index (χ0) is 22.0. The van der Waals surface area contributed by atoms with Crippen LogP contribution in [0.3, 0.4) is 0 Å². The minimum Gasteiger partial charge on any atom is -0.496 e. The van der Waals surface area contributed by atoms with Crippen molar-refractivity contribution in [2.24, 2.45) is 5.92 Å². The van der Waals surface area contributed by atoms with Crippen molar-refractivity contribution in [2.75, 3.05) is 12.8 Å². The first-order chi connectivity index (χ1) is 15.0. The summed E-state index contributed by atoms with van der Waals surface area (Å²) in [6.07, 6.45) is 2.35. The Kier molecular flexibility index (Phi) is 5.63. The van der Waals surface area contributed by atoms with Gasteiger partial charge < -0.3 is 15.8 Å². The molecule has 158 valence electrons. The number of para-hydroxylation sites is 1. The molecule has 0 bridgehead atoms. The first kappa shape index (κ1) is 20.5. The Hall–Kier alpha value is -3.79. The number of nitriles is 1. The summed E-state index contributed by atoms with van der Waals surface area (Å²) in [4.78, 5) is 12.5. The first-order valence-electron chi connectivity index (χ1n) is 10.3. The van der Waals surface area contributed by atoms with Crippen molar-refractivity contribution in [1.29, 1.82) is 5.26 Å². The fourth-order valence-electron chi connectivity index (χ4n) is 3.74. The van der Waals surface area contributed by atoms with Crippen LogP contribution < -0.4 is 15.8 Å². The summed E-state index contributed by atoms with van der Waals surface area (Å²) in [7, 11) is 1.54. The highest BCUT2D eigenvalue weighted by Crippen LogP contribution is 2.41. The lowest BCUT2D eigenvalue weighted by atomic mass is 10.1. The molecular formula is C24H25N5O2. The predicted molar refractivity (Wildman–Crippen MR) is 118 cm³/mol. The zero-order valence-corrected chi connectivity index (χ0v) is 17.6. The second-order valence-electron chi connectivity index (χ2n) is 7.82. The van der Waals surface area contributed by atoms with E-state index < -0.39 is 0 Å². The van der Waals surface area contributed by atoms with Crippen LogP contribution in [0.2, 0.25) is 0 Å². The van der Waals surface area contributed by atoms with Crippen molar-refractivity contribution < 1.29 is 9.53 Å². The quantitative estimate of drug-likeness (QED) is 0.608. The topological polar surface area (TPSA) is 106 Å². The fraction of sp³-hybridized carbons (Fsp3) is 0.292. The third-order valence-corrected chi connectivity index (χ3v) is 5.78. The molecule has 3 aromatic rings. The van der Waals surface area contributed by atoms with Crippen LogP contribution in [0, 0.1) is 17.2 Å². The molecule has 1 atom stereocenters. The molecule has 31 heavy (non-hydrogen) atoms. The number of hydrogen-bond donors (Lipinski definition) is 2. The van der Waals surface area contributed by atoms with Crippen molar-refractivity contribution in [1.82, 2.24) is 15.1 Å². The monoisotopic (exact) mass is 415 g/mol. The van der Waals surface area contributed by atoms with E-state index in [9.17, 15) is 10.1 Å². The number of carbonyl (C=O) groups is 1. The Labute approximate surface area is 181 Å². The first-order valence-corrected chi connectivity index (χ1v) is 10.3. The number of nitrogens with zero attached hydrogens (tertiary/aromatic N) is 3. The lowest BCUT2D eigenvalue weighted by Gasteiger charge is -2.12. The van der Waals surface area contributed by atoms with Crippen LogP contribution in [0.15, 0.2) is 48.5 Å². The van der Waals surface area contributed by atoms with Gasteiger partial charge in [0.25, 0.3) is 5.91 Å². The molecule has 1 saturated carbocycles. The molecule has 0 spiro atoms. The molecule has 4 rings (SSSR count). The number of amides is 1. The minimum absolute atomic E-state index is 0.185. The lowest BCUT2D eigenvalue weighted by Crippen LogP contribution is -2.23. The number of aromatic nitrogens is 2. The van der Waals surface area contributed by atoms with Gasteiger partial charge in [-0.05, 0) is 43.4 Å². The van der Waals surface area contributed by atoms with Crippen molar-refractivity contribution >= 4 is 11.7 Å². The van der Waals surface area contributed by atoms with Gasteiger partial charge in [0, 0.05) is 12.1 Å². The van der Waals surface area contributed by atoms with Crippen LogP contribution >= 0.6 is 0 Å². The number of nitrogen functional groups attached to an aromatic ring is 1. The maximum Gasteiger partial charge on any atom is 0.255 e. The predicted octanol–water partition coefficient (Wildman–Crippen LogP) is 3.91. The van der Waals surface area contributed by atoms with Crippen molar-refractivity contribution in [3.63, 3.8) is 0 Å². The molecular weight excluding hydrogens is 390 g/mol. The second-order valence-corrected chi connectivity index (χ2v) is 7.82. The van der Waals surface area contributed by atoms with Crippen LogP contribution in [0.4, 0.5) is 5.82 Å². The average Bonchev–Trinajstić information content (AvgIpc) is 3.60. The van der Waals surface area contributed by atoms with Crippen molar-refractivity contribution in [3.05, 3.63) is 65.2 Å².